The van der Waals surface area contributed by atoms with Crippen molar-refractivity contribution in [3.63, 3.8) is 0 Å². The van der Waals surface area contributed by atoms with Gasteiger partial charge in [0, 0.05) is 0 Å². The summed E-state index contributed by atoms with van der Waals surface area (Å²) >= 11 is 0. The number of benzene rings is 2. The van der Waals surface area contributed by atoms with Gasteiger partial charge in [-0.3, -0.25) is 0 Å². The first-order valence-electron chi connectivity index (χ1n) is 8.85. The highest BCUT2D eigenvalue weighted by atomic mass is 32.2. The summed E-state index contributed by atoms with van der Waals surface area (Å²) in [6.45, 7) is 7.54. The molecule has 4 nitrogen and oxygen atoms in total. The first kappa shape index (κ1) is 18.8. The molecule has 26 heavy (non-hydrogen) atoms. The van der Waals surface area contributed by atoms with Crippen molar-refractivity contribution in [1.29, 1.82) is 0 Å². The van der Waals surface area contributed by atoms with Gasteiger partial charge in [0.25, 0.3) is 0 Å². The zero-order valence-electron chi connectivity index (χ0n) is 15.8. The molecule has 0 fully saturated rings. The minimum Gasteiger partial charge on any atom is -0.454 e. The molecule has 0 saturated heterocycles. The molecule has 0 bridgehead atoms. The molecule has 0 amide bonds. The van der Waals surface area contributed by atoms with Crippen LogP contribution in [0.5, 0.6) is 11.5 Å². The smallest absolute Gasteiger partial charge is 0.231 e. The topological polar surface area (TPSA) is 52.6 Å². The Morgan fingerprint density at radius 2 is 1.54 bits per heavy atom. The first-order chi connectivity index (χ1) is 12.2. The van der Waals surface area contributed by atoms with Gasteiger partial charge in [-0.2, -0.15) is 0 Å². The Hall–Kier alpha value is -2.01. The van der Waals surface area contributed by atoms with Gasteiger partial charge in [0.05, 0.1) is 10.5 Å². The highest BCUT2D eigenvalue weighted by molar-refractivity contribution is 7.91. The Morgan fingerprint density at radius 1 is 0.923 bits per heavy atom. The van der Waals surface area contributed by atoms with Crippen LogP contribution in [0, 0.1) is 6.92 Å². The van der Waals surface area contributed by atoms with Gasteiger partial charge in [0.2, 0.25) is 6.79 Å². The molecule has 2 aromatic carbocycles. The average Bonchev–Trinajstić information content (AvgIpc) is 3.02. The van der Waals surface area contributed by atoms with E-state index in [-0.39, 0.29) is 5.75 Å². The van der Waals surface area contributed by atoms with E-state index in [1.807, 2.05) is 37.3 Å². The van der Waals surface area contributed by atoms with Gasteiger partial charge < -0.3 is 9.47 Å². The summed E-state index contributed by atoms with van der Waals surface area (Å²) in [4.78, 5) is 0. The third kappa shape index (κ3) is 4.04. The van der Waals surface area contributed by atoms with Crippen LogP contribution in [0.15, 0.2) is 36.4 Å². The highest BCUT2D eigenvalue weighted by Crippen LogP contribution is 2.36. The fourth-order valence-corrected chi connectivity index (χ4v) is 3.99. The molecule has 0 radical (unpaired) electrons. The third-order valence-corrected chi connectivity index (χ3v) is 7.31. The standard InChI is InChI=1S/C21H26O4S/c1-15-11-18(12-19-20(15)25-14-24-19)10-7-16-5-8-17(9-6-16)13-26(22,23)21(2,3)4/h5-6,8-9,11-12H,7,10,13-14H2,1-4H3. The van der Waals surface area contributed by atoms with Crippen molar-refractivity contribution in [2.75, 3.05) is 6.79 Å². The van der Waals surface area contributed by atoms with Crippen molar-refractivity contribution < 1.29 is 17.9 Å². The molecule has 1 aliphatic heterocycles. The number of aryl methyl sites for hydroxylation is 3. The summed E-state index contributed by atoms with van der Waals surface area (Å²) in [5, 5.41) is 0. The maximum atomic E-state index is 12.3. The van der Waals surface area contributed by atoms with Crippen LogP contribution in [0.4, 0.5) is 0 Å². The van der Waals surface area contributed by atoms with Crippen LogP contribution in [0.25, 0.3) is 0 Å². The summed E-state index contributed by atoms with van der Waals surface area (Å²) in [6.07, 6.45) is 1.79. The molecule has 0 unspecified atom stereocenters. The van der Waals surface area contributed by atoms with Gasteiger partial charge in [-0.25, -0.2) is 8.42 Å². The first-order valence-corrected chi connectivity index (χ1v) is 10.5. The zero-order valence-corrected chi connectivity index (χ0v) is 16.7. The predicted molar refractivity (Wildman–Crippen MR) is 104 cm³/mol. The molecule has 0 spiro atoms. The molecule has 0 aliphatic carbocycles. The lowest BCUT2D eigenvalue weighted by atomic mass is 10.0. The van der Waals surface area contributed by atoms with Crippen LogP contribution in [0.3, 0.4) is 0 Å². The quantitative estimate of drug-likeness (QED) is 0.786. The maximum Gasteiger partial charge on any atom is 0.231 e. The minimum absolute atomic E-state index is 0.0815. The molecular weight excluding hydrogens is 348 g/mol. The molecule has 1 heterocycles. The van der Waals surface area contributed by atoms with Crippen LogP contribution in [0.2, 0.25) is 0 Å². The van der Waals surface area contributed by atoms with Gasteiger partial charge in [-0.15, -0.1) is 0 Å². The van der Waals surface area contributed by atoms with Crippen molar-refractivity contribution in [3.05, 3.63) is 58.7 Å². The summed E-state index contributed by atoms with van der Waals surface area (Å²) in [5.74, 6) is 1.75. The second-order valence-electron chi connectivity index (χ2n) is 7.83. The average molecular weight is 375 g/mol. The van der Waals surface area contributed by atoms with E-state index in [1.165, 1.54) is 11.1 Å². The fraction of sp³-hybridized carbons (Fsp3) is 0.429. The Morgan fingerprint density at radius 3 is 2.19 bits per heavy atom. The second-order valence-corrected chi connectivity index (χ2v) is 10.6. The lowest BCUT2D eigenvalue weighted by Gasteiger charge is -2.19. The number of hydrogen-bond acceptors (Lipinski definition) is 4. The molecule has 0 saturated carbocycles. The molecule has 5 heteroatoms. The van der Waals surface area contributed by atoms with Crippen LogP contribution >= 0.6 is 0 Å². The van der Waals surface area contributed by atoms with E-state index in [0.29, 0.717) is 6.79 Å². The van der Waals surface area contributed by atoms with E-state index >= 15 is 0 Å². The molecule has 0 atom stereocenters. The SMILES string of the molecule is Cc1cc(CCc2ccc(CS(=O)(=O)C(C)(C)C)cc2)cc2c1OCO2. The molecule has 3 rings (SSSR count). The number of hydrogen-bond donors (Lipinski definition) is 0. The summed E-state index contributed by atoms with van der Waals surface area (Å²) in [5.41, 5.74) is 4.34. The second kappa shape index (κ2) is 6.95. The normalized spacial score (nSPS) is 13.8. The highest BCUT2D eigenvalue weighted by Gasteiger charge is 2.28. The number of sulfone groups is 1. The van der Waals surface area contributed by atoms with Crippen LogP contribution in [0.1, 0.15) is 43.0 Å². The summed E-state index contributed by atoms with van der Waals surface area (Å²) < 4.78 is 34.8. The van der Waals surface area contributed by atoms with E-state index in [9.17, 15) is 8.42 Å². The van der Waals surface area contributed by atoms with Crippen LogP contribution in [-0.4, -0.2) is 20.0 Å². The van der Waals surface area contributed by atoms with E-state index in [0.717, 1.165) is 35.5 Å². The summed E-state index contributed by atoms with van der Waals surface area (Å²) in [7, 11) is -3.16. The van der Waals surface area contributed by atoms with Crippen molar-refractivity contribution in [3.8, 4) is 11.5 Å². The van der Waals surface area contributed by atoms with E-state index in [2.05, 4.69) is 6.07 Å². The van der Waals surface area contributed by atoms with Crippen molar-refractivity contribution in [2.45, 2.75) is 51.0 Å². The van der Waals surface area contributed by atoms with Gasteiger partial charge >= 0.3 is 0 Å². The monoisotopic (exact) mass is 374 g/mol. The maximum absolute atomic E-state index is 12.3. The lowest BCUT2D eigenvalue weighted by molar-refractivity contribution is 0.173. The van der Waals surface area contributed by atoms with Gasteiger partial charge in [-0.05, 0) is 68.9 Å². The Balaban J connectivity index is 1.64. The molecule has 140 valence electrons. The minimum atomic E-state index is -3.16. The number of fused-ring (bicyclic) bond motifs is 1. The molecular formula is C21H26O4S. The van der Waals surface area contributed by atoms with Crippen molar-refractivity contribution in [1.82, 2.24) is 0 Å². The number of ether oxygens (including phenoxy) is 2. The van der Waals surface area contributed by atoms with Crippen LogP contribution < -0.4 is 9.47 Å². The van der Waals surface area contributed by atoms with E-state index in [1.54, 1.807) is 20.8 Å². The van der Waals surface area contributed by atoms with Gasteiger partial charge in [0.15, 0.2) is 21.3 Å². The Kier molecular flexibility index (Phi) is 5.02. The van der Waals surface area contributed by atoms with Crippen molar-refractivity contribution >= 4 is 9.84 Å². The van der Waals surface area contributed by atoms with Gasteiger partial charge in [-0.1, -0.05) is 30.3 Å². The fourth-order valence-electron chi connectivity index (χ4n) is 2.93. The van der Waals surface area contributed by atoms with E-state index < -0.39 is 14.6 Å². The Labute approximate surface area is 156 Å². The molecule has 2 aromatic rings. The third-order valence-electron chi connectivity index (χ3n) is 4.73. The van der Waals surface area contributed by atoms with Gasteiger partial charge in [0.1, 0.15) is 0 Å². The van der Waals surface area contributed by atoms with Crippen molar-refractivity contribution in [2.24, 2.45) is 0 Å². The number of rotatable bonds is 5. The zero-order chi connectivity index (χ0) is 18.9. The van der Waals surface area contributed by atoms with E-state index in [4.69, 9.17) is 9.47 Å². The predicted octanol–water partition coefficient (Wildman–Crippen LogP) is 4.22. The molecule has 0 N–H and O–H groups in total. The lowest BCUT2D eigenvalue weighted by Crippen LogP contribution is -2.29. The van der Waals surface area contributed by atoms with Crippen LogP contribution in [-0.2, 0) is 28.4 Å². The molecule has 0 aromatic heterocycles. The molecule has 1 aliphatic rings. The Bertz CT molecular complexity index is 891. The summed E-state index contributed by atoms with van der Waals surface area (Å²) in [6, 6.07) is 12.1. The largest absolute Gasteiger partial charge is 0.454 e.